The molecule has 1 atom stereocenters. The van der Waals surface area contributed by atoms with Crippen LogP contribution >= 0.6 is 24.0 Å². The fourth-order valence-electron chi connectivity index (χ4n) is 1.85. The molecule has 7 heteroatoms. The van der Waals surface area contributed by atoms with Crippen molar-refractivity contribution in [1.29, 1.82) is 0 Å². The van der Waals surface area contributed by atoms with Gasteiger partial charge in [-0.3, -0.25) is 4.99 Å². The molecule has 6 nitrogen and oxygen atoms in total. The minimum Gasteiger partial charge on any atom is -0.497 e. The van der Waals surface area contributed by atoms with Gasteiger partial charge in [0.1, 0.15) is 18.1 Å². The third-order valence-electron chi connectivity index (χ3n) is 3.32. The van der Waals surface area contributed by atoms with Crippen LogP contribution in [0.3, 0.4) is 0 Å². The third kappa shape index (κ3) is 8.58. The van der Waals surface area contributed by atoms with E-state index >= 15 is 0 Å². The number of rotatable bonds is 9. The zero-order valence-corrected chi connectivity index (χ0v) is 17.3. The molecule has 0 aliphatic heterocycles. The molecule has 0 saturated carbocycles. The third-order valence-corrected chi connectivity index (χ3v) is 3.32. The molecule has 0 amide bonds. The molecule has 1 aromatic rings. The summed E-state index contributed by atoms with van der Waals surface area (Å²) < 4.78 is 10.9. The molecule has 0 saturated heterocycles. The maximum atomic E-state index is 9.09. The summed E-state index contributed by atoms with van der Waals surface area (Å²) in [5.74, 6) is 2.61. The van der Waals surface area contributed by atoms with Crippen LogP contribution in [0.5, 0.6) is 11.5 Å². The number of methoxy groups -OCH3 is 1. The Morgan fingerprint density at radius 2 is 1.92 bits per heavy atom. The highest BCUT2D eigenvalue weighted by Crippen LogP contribution is 2.16. The number of benzene rings is 1. The molecule has 0 fully saturated rings. The quantitative estimate of drug-likeness (QED) is 0.343. The van der Waals surface area contributed by atoms with Gasteiger partial charge in [0.15, 0.2) is 5.96 Å². The Hall–Kier alpha value is -1.22. The van der Waals surface area contributed by atoms with E-state index in [1.165, 1.54) is 0 Å². The summed E-state index contributed by atoms with van der Waals surface area (Å²) >= 11 is 0. The fourth-order valence-corrected chi connectivity index (χ4v) is 1.85. The van der Waals surface area contributed by atoms with Crippen LogP contribution in [0, 0.1) is 5.92 Å². The van der Waals surface area contributed by atoms with E-state index in [1.54, 1.807) is 7.11 Å². The first-order chi connectivity index (χ1) is 11.1. The second-order valence-corrected chi connectivity index (χ2v) is 5.43. The first kappa shape index (κ1) is 22.8. The fraction of sp³-hybridized carbons (Fsp3) is 0.588. The van der Waals surface area contributed by atoms with Crippen molar-refractivity contribution in [3.05, 3.63) is 24.3 Å². The van der Waals surface area contributed by atoms with Crippen LogP contribution in [0.1, 0.15) is 13.8 Å². The predicted molar refractivity (Wildman–Crippen MR) is 109 cm³/mol. The van der Waals surface area contributed by atoms with Crippen LogP contribution in [0.15, 0.2) is 29.3 Å². The summed E-state index contributed by atoms with van der Waals surface area (Å²) in [7, 11) is 3.62. The van der Waals surface area contributed by atoms with Crippen LogP contribution in [0.4, 0.5) is 0 Å². The SMILES string of the molecule is CCNC(=NCC(C)CO)N(C)CCOc1ccc(OC)cc1.I. The first-order valence-corrected chi connectivity index (χ1v) is 7.97. The Labute approximate surface area is 162 Å². The van der Waals surface area contributed by atoms with Gasteiger partial charge in [0.2, 0.25) is 0 Å². The van der Waals surface area contributed by atoms with Crippen LogP contribution in [0.2, 0.25) is 0 Å². The highest BCUT2D eigenvalue weighted by Gasteiger charge is 2.07. The predicted octanol–water partition coefficient (Wildman–Crippen LogP) is 2.22. The van der Waals surface area contributed by atoms with Crippen molar-refractivity contribution in [3.8, 4) is 11.5 Å². The van der Waals surface area contributed by atoms with Gasteiger partial charge < -0.3 is 24.8 Å². The monoisotopic (exact) mass is 451 g/mol. The van der Waals surface area contributed by atoms with Crippen LogP contribution in [0.25, 0.3) is 0 Å². The highest BCUT2D eigenvalue weighted by molar-refractivity contribution is 14.0. The minimum atomic E-state index is 0. The van der Waals surface area contributed by atoms with Gasteiger partial charge in [-0.15, -0.1) is 24.0 Å². The number of hydrogen-bond donors (Lipinski definition) is 2. The molecule has 0 aliphatic rings. The molecule has 138 valence electrons. The van der Waals surface area contributed by atoms with Crippen LogP contribution in [-0.4, -0.2) is 63.0 Å². The minimum absolute atomic E-state index is 0. The lowest BCUT2D eigenvalue weighted by atomic mass is 10.2. The summed E-state index contributed by atoms with van der Waals surface area (Å²) in [6.07, 6.45) is 0. The van der Waals surface area contributed by atoms with Gasteiger partial charge in [-0.25, -0.2) is 0 Å². The maximum absolute atomic E-state index is 9.09. The van der Waals surface area contributed by atoms with Crippen molar-refractivity contribution >= 4 is 29.9 Å². The van der Waals surface area contributed by atoms with Gasteiger partial charge in [-0.2, -0.15) is 0 Å². The standard InChI is InChI=1S/C17H29N3O3.HI/c1-5-18-17(19-12-14(2)13-21)20(3)10-11-23-16-8-6-15(22-4)7-9-16;/h6-9,14,21H,5,10-13H2,1-4H3,(H,18,19);1H. The van der Waals surface area contributed by atoms with E-state index < -0.39 is 0 Å². The van der Waals surface area contributed by atoms with E-state index in [2.05, 4.69) is 10.3 Å². The molecule has 24 heavy (non-hydrogen) atoms. The summed E-state index contributed by atoms with van der Waals surface area (Å²) in [6.45, 7) is 6.83. The van der Waals surface area contributed by atoms with Crippen molar-refractivity contribution in [2.75, 3.05) is 47.0 Å². The molecule has 1 rings (SSSR count). The Bertz CT molecular complexity index is 469. The molecule has 0 aliphatic carbocycles. The largest absolute Gasteiger partial charge is 0.497 e. The Balaban J connectivity index is 0.00000529. The molecule has 2 N–H and O–H groups in total. The van der Waals surface area contributed by atoms with Gasteiger partial charge in [-0.05, 0) is 37.1 Å². The number of hydrogen-bond acceptors (Lipinski definition) is 4. The van der Waals surface area contributed by atoms with E-state index in [0.29, 0.717) is 19.7 Å². The Morgan fingerprint density at radius 3 is 2.46 bits per heavy atom. The van der Waals surface area contributed by atoms with E-state index in [1.807, 2.05) is 50.1 Å². The average molecular weight is 451 g/mol. The molecule has 0 aromatic heterocycles. The van der Waals surface area contributed by atoms with Gasteiger partial charge in [0.05, 0.1) is 13.7 Å². The van der Waals surface area contributed by atoms with Gasteiger partial charge in [0.25, 0.3) is 0 Å². The summed E-state index contributed by atoms with van der Waals surface area (Å²) in [5, 5.41) is 12.3. The number of ether oxygens (including phenoxy) is 2. The summed E-state index contributed by atoms with van der Waals surface area (Å²) in [6, 6.07) is 7.53. The topological polar surface area (TPSA) is 66.3 Å². The van der Waals surface area contributed by atoms with Gasteiger partial charge >= 0.3 is 0 Å². The smallest absolute Gasteiger partial charge is 0.193 e. The Kier molecular flexibility index (Phi) is 12.4. The lowest BCUT2D eigenvalue weighted by molar-refractivity contribution is 0.241. The van der Waals surface area contributed by atoms with Gasteiger partial charge in [-0.1, -0.05) is 6.92 Å². The van der Waals surface area contributed by atoms with Crippen molar-refractivity contribution in [1.82, 2.24) is 10.2 Å². The number of halogens is 1. The van der Waals surface area contributed by atoms with Crippen LogP contribution < -0.4 is 14.8 Å². The average Bonchev–Trinajstić information content (AvgIpc) is 2.58. The van der Waals surface area contributed by atoms with Crippen molar-refractivity contribution in [2.45, 2.75) is 13.8 Å². The van der Waals surface area contributed by atoms with Crippen molar-refractivity contribution in [2.24, 2.45) is 10.9 Å². The number of aliphatic hydroxyl groups is 1. The number of nitrogens with one attached hydrogen (secondary N) is 1. The Morgan fingerprint density at radius 1 is 1.29 bits per heavy atom. The molecular formula is C17H30IN3O3. The van der Waals surface area contributed by atoms with Crippen LogP contribution in [-0.2, 0) is 0 Å². The summed E-state index contributed by atoms with van der Waals surface area (Å²) in [4.78, 5) is 6.56. The molecule has 0 bridgehead atoms. The normalized spacial score (nSPS) is 12.1. The second kappa shape index (κ2) is 13.1. The van der Waals surface area contributed by atoms with E-state index in [9.17, 15) is 0 Å². The zero-order valence-electron chi connectivity index (χ0n) is 15.0. The number of nitrogens with zero attached hydrogens (tertiary/aromatic N) is 2. The molecule has 1 unspecified atom stereocenters. The van der Waals surface area contributed by atoms with E-state index in [0.717, 1.165) is 24.0 Å². The zero-order chi connectivity index (χ0) is 17.1. The molecule has 1 aromatic carbocycles. The van der Waals surface area contributed by atoms with Crippen molar-refractivity contribution < 1.29 is 14.6 Å². The lowest BCUT2D eigenvalue weighted by Gasteiger charge is -2.22. The second-order valence-electron chi connectivity index (χ2n) is 5.43. The van der Waals surface area contributed by atoms with Crippen molar-refractivity contribution in [3.63, 3.8) is 0 Å². The molecule has 0 radical (unpaired) electrons. The number of aliphatic hydroxyl groups excluding tert-OH is 1. The summed E-state index contributed by atoms with van der Waals surface area (Å²) in [5.41, 5.74) is 0. The van der Waals surface area contributed by atoms with E-state index in [4.69, 9.17) is 14.6 Å². The van der Waals surface area contributed by atoms with E-state index in [-0.39, 0.29) is 36.5 Å². The first-order valence-electron chi connectivity index (χ1n) is 7.97. The molecular weight excluding hydrogens is 421 g/mol. The molecule has 0 spiro atoms. The maximum Gasteiger partial charge on any atom is 0.193 e. The number of guanidine groups is 1. The highest BCUT2D eigenvalue weighted by atomic mass is 127. The van der Waals surface area contributed by atoms with Gasteiger partial charge in [0, 0.05) is 26.7 Å². The molecule has 0 heterocycles. The number of likely N-dealkylation sites (N-methyl/N-ethyl adjacent to an activating group) is 1. The number of aliphatic imine (C=N–C) groups is 1. The lowest BCUT2D eigenvalue weighted by Crippen LogP contribution is -2.41.